The second-order valence-corrected chi connectivity index (χ2v) is 8.99. The lowest BCUT2D eigenvalue weighted by molar-refractivity contribution is -0.431. The highest BCUT2D eigenvalue weighted by Gasteiger charge is 2.58. The third-order valence-electron chi connectivity index (χ3n) is 4.27. The maximum absolute atomic E-state index is 12.4. The summed E-state index contributed by atoms with van der Waals surface area (Å²) in [7, 11) is 2.11. The van der Waals surface area contributed by atoms with E-state index in [4.69, 9.17) is 18.9 Å². The van der Waals surface area contributed by atoms with E-state index < -0.39 is 22.6 Å². The standard InChI is InChI=1S/C14H27NO5S/c1-12(2,3)21(16)15-8-10(15)11-9-19-13(4,17-6)14(5,18-7)20-11/h10-11H,8-9H2,1-7H3/t10?,11-,13+,14+,15?,21?/m1/s1. The molecule has 2 aliphatic rings. The summed E-state index contributed by atoms with van der Waals surface area (Å²) in [6.45, 7) is 10.7. The summed E-state index contributed by atoms with van der Waals surface area (Å²) in [5.41, 5.74) is 0. The smallest absolute Gasteiger partial charge is 0.220 e. The third kappa shape index (κ3) is 3.04. The van der Waals surface area contributed by atoms with Crippen molar-refractivity contribution in [2.24, 2.45) is 0 Å². The summed E-state index contributed by atoms with van der Waals surface area (Å²) in [5.74, 6) is -1.96. The molecular formula is C14H27NO5S. The molecule has 2 heterocycles. The molecule has 0 N–H and O–H groups in total. The molecule has 0 amide bonds. The largest absolute Gasteiger partial charge is 0.349 e. The van der Waals surface area contributed by atoms with Crippen molar-refractivity contribution in [1.29, 1.82) is 0 Å². The molecule has 2 saturated heterocycles. The normalized spacial score (nSPS) is 45.4. The Bertz CT molecular complexity index is 426. The van der Waals surface area contributed by atoms with Gasteiger partial charge in [0.25, 0.3) is 0 Å². The van der Waals surface area contributed by atoms with E-state index in [-0.39, 0.29) is 16.9 Å². The molecule has 0 bridgehead atoms. The SMILES string of the molecule is CO[C@@]1(C)OC[C@H](C2CN2S(=O)C(C)(C)C)O[C@]1(C)OC. The summed E-state index contributed by atoms with van der Waals surface area (Å²) in [5, 5.41) is 0. The summed E-state index contributed by atoms with van der Waals surface area (Å²) in [6, 6.07) is 0.0981. The highest BCUT2D eigenvalue weighted by Crippen LogP contribution is 2.41. The summed E-state index contributed by atoms with van der Waals surface area (Å²) < 4.78 is 36.9. The Kier molecular flexibility index (Phi) is 4.57. The number of hydrogen-bond acceptors (Lipinski definition) is 5. The zero-order valence-corrected chi connectivity index (χ0v) is 14.8. The van der Waals surface area contributed by atoms with Gasteiger partial charge in [0.15, 0.2) is 0 Å². The van der Waals surface area contributed by atoms with Crippen LogP contribution >= 0.6 is 0 Å². The zero-order chi connectivity index (χ0) is 16.1. The van der Waals surface area contributed by atoms with Crippen LogP contribution in [0, 0.1) is 0 Å². The van der Waals surface area contributed by atoms with Crippen molar-refractivity contribution in [3.63, 3.8) is 0 Å². The molecular weight excluding hydrogens is 294 g/mol. The predicted octanol–water partition coefficient (Wildman–Crippen LogP) is 1.27. The lowest BCUT2D eigenvalue weighted by Crippen LogP contribution is -2.63. The first kappa shape index (κ1) is 17.3. The highest BCUT2D eigenvalue weighted by atomic mass is 32.2. The lowest BCUT2D eigenvalue weighted by atomic mass is 10.1. The van der Waals surface area contributed by atoms with Gasteiger partial charge in [0.05, 0.1) is 17.4 Å². The molecule has 124 valence electrons. The van der Waals surface area contributed by atoms with Gasteiger partial charge in [0.1, 0.15) is 17.1 Å². The van der Waals surface area contributed by atoms with Crippen LogP contribution < -0.4 is 0 Å². The van der Waals surface area contributed by atoms with Crippen LogP contribution in [0.2, 0.25) is 0 Å². The maximum atomic E-state index is 12.4. The number of hydrogen-bond donors (Lipinski definition) is 0. The molecule has 7 heteroatoms. The fourth-order valence-electron chi connectivity index (χ4n) is 2.45. The predicted molar refractivity (Wildman–Crippen MR) is 80.0 cm³/mol. The minimum absolute atomic E-state index is 0.0981. The van der Waals surface area contributed by atoms with Crippen LogP contribution in [-0.4, -0.2) is 64.4 Å². The van der Waals surface area contributed by atoms with E-state index >= 15 is 0 Å². The Morgan fingerprint density at radius 3 is 2.24 bits per heavy atom. The Morgan fingerprint density at radius 1 is 1.19 bits per heavy atom. The Balaban J connectivity index is 2.05. The molecule has 2 fully saturated rings. The minimum Gasteiger partial charge on any atom is -0.349 e. The Labute approximate surface area is 129 Å². The summed E-state index contributed by atoms with van der Waals surface area (Å²) in [4.78, 5) is 0. The summed E-state index contributed by atoms with van der Waals surface area (Å²) >= 11 is 0. The first-order valence-corrected chi connectivity index (χ1v) is 8.29. The average Bonchev–Trinajstić information content (AvgIpc) is 3.20. The second-order valence-electron chi connectivity index (χ2n) is 6.80. The van der Waals surface area contributed by atoms with Crippen LogP contribution in [0.25, 0.3) is 0 Å². The topological polar surface area (TPSA) is 57.0 Å². The van der Waals surface area contributed by atoms with Gasteiger partial charge < -0.3 is 18.9 Å². The average molecular weight is 321 g/mol. The van der Waals surface area contributed by atoms with E-state index in [0.717, 1.165) is 6.54 Å². The molecule has 0 aromatic heterocycles. The van der Waals surface area contributed by atoms with Gasteiger partial charge in [-0.2, -0.15) is 0 Å². The van der Waals surface area contributed by atoms with Crippen molar-refractivity contribution in [1.82, 2.24) is 4.31 Å². The van der Waals surface area contributed by atoms with Crippen molar-refractivity contribution in [2.45, 2.75) is 63.1 Å². The van der Waals surface area contributed by atoms with Crippen LogP contribution in [0.1, 0.15) is 34.6 Å². The van der Waals surface area contributed by atoms with Crippen molar-refractivity contribution in [3.8, 4) is 0 Å². The molecule has 2 aliphatic heterocycles. The van der Waals surface area contributed by atoms with Gasteiger partial charge in [0, 0.05) is 20.8 Å². The van der Waals surface area contributed by atoms with Gasteiger partial charge in [0.2, 0.25) is 11.6 Å². The molecule has 0 aromatic rings. The van der Waals surface area contributed by atoms with Gasteiger partial charge in [-0.05, 0) is 34.6 Å². The first-order chi connectivity index (χ1) is 9.58. The highest BCUT2D eigenvalue weighted by molar-refractivity contribution is 7.84. The lowest BCUT2D eigenvalue weighted by Gasteiger charge is -2.49. The number of nitrogens with zero attached hydrogens (tertiary/aromatic N) is 1. The molecule has 0 radical (unpaired) electrons. The minimum atomic E-state index is -1.03. The van der Waals surface area contributed by atoms with Gasteiger partial charge in [-0.15, -0.1) is 0 Å². The first-order valence-electron chi connectivity index (χ1n) is 7.18. The van der Waals surface area contributed by atoms with Crippen LogP contribution in [0.3, 0.4) is 0 Å². The van der Waals surface area contributed by atoms with E-state index in [9.17, 15) is 4.21 Å². The maximum Gasteiger partial charge on any atom is 0.220 e. The molecule has 3 unspecified atom stereocenters. The molecule has 0 aliphatic carbocycles. The Hall–Kier alpha value is -0.0500. The van der Waals surface area contributed by atoms with Gasteiger partial charge in [-0.1, -0.05) is 0 Å². The third-order valence-corrected chi connectivity index (χ3v) is 6.17. The Morgan fingerprint density at radius 2 is 1.76 bits per heavy atom. The van der Waals surface area contributed by atoms with Crippen molar-refractivity contribution in [2.75, 3.05) is 27.4 Å². The molecule has 2 rings (SSSR count). The van der Waals surface area contributed by atoms with E-state index in [0.29, 0.717) is 6.61 Å². The van der Waals surface area contributed by atoms with E-state index in [2.05, 4.69) is 0 Å². The van der Waals surface area contributed by atoms with E-state index in [1.165, 1.54) is 0 Å². The quantitative estimate of drug-likeness (QED) is 0.730. The molecule has 6 nitrogen and oxygen atoms in total. The number of methoxy groups -OCH3 is 2. The van der Waals surface area contributed by atoms with E-state index in [1.807, 2.05) is 25.1 Å². The van der Waals surface area contributed by atoms with Crippen LogP contribution in [0.15, 0.2) is 0 Å². The van der Waals surface area contributed by atoms with Crippen LogP contribution in [0.4, 0.5) is 0 Å². The van der Waals surface area contributed by atoms with Crippen LogP contribution in [-0.2, 0) is 29.9 Å². The van der Waals surface area contributed by atoms with Crippen molar-refractivity contribution in [3.05, 3.63) is 0 Å². The number of ether oxygens (including phenoxy) is 4. The second kappa shape index (κ2) is 5.54. The van der Waals surface area contributed by atoms with Gasteiger partial charge >= 0.3 is 0 Å². The monoisotopic (exact) mass is 321 g/mol. The fourth-order valence-corrected chi connectivity index (χ4v) is 3.83. The fraction of sp³-hybridized carbons (Fsp3) is 1.00. The van der Waals surface area contributed by atoms with E-state index in [1.54, 1.807) is 28.1 Å². The zero-order valence-electron chi connectivity index (χ0n) is 14.0. The molecule has 0 saturated carbocycles. The summed E-state index contributed by atoms with van der Waals surface area (Å²) in [6.07, 6.45) is -0.176. The molecule has 0 spiro atoms. The molecule has 6 atom stereocenters. The number of rotatable bonds is 4. The van der Waals surface area contributed by atoms with Gasteiger partial charge in [-0.3, -0.25) is 0 Å². The van der Waals surface area contributed by atoms with Crippen molar-refractivity contribution < 1.29 is 23.2 Å². The molecule has 21 heavy (non-hydrogen) atoms. The van der Waals surface area contributed by atoms with Crippen LogP contribution in [0.5, 0.6) is 0 Å². The van der Waals surface area contributed by atoms with Gasteiger partial charge in [-0.25, -0.2) is 8.51 Å². The van der Waals surface area contributed by atoms with Crippen molar-refractivity contribution >= 4 is 11.0 Å². The molecule has 0 aromatic carbocycles.